The van der Waals surface area contributed by atoms with Crippen LogP contribution in [-0.4, -0.2) is 54.1 Å². The molecular weight excluding hydrogens is 457 g/mol. The molecule has 0 atom stereocenters. The van der Waals surface area contributed by atoms with Crippen molar-refractivity contribution in [3.8, 4) is 22.4 Å². The fraction of sp³-hybridized carbons (Fsp3) is 0.393. The Kier molecular flexibility index (Phi) is 6.98. The van der Waals surface area contributed by atoms with Crippen LogP contribution in [0.3, 0.4) is 0 Å². The normalized spacial score (nSPS) is 16.2. The molecule has 1 aromatic carbocycles. The number of carbonyl (C=O) groups is 1. The lowest BCUT2D eigenvalue weighted by Gasteiger charge is -2.26. The number of amides is 1. The molecule has 1 amide bonds. The molecule has 8 heteroatoms. The van der Waals surface area contributed by atoms with Gasteiger partial charge in [0.15, 0.2) is 0 Å². The number of nitrogen functional groups attached to an aromatic ring is 1. The second kappa shape index (κ2) is 10.3. The van der Waals surface area contributed by atoms with Gasteiger partial charge in [0, 0.05) is 37.4 Å². The highest BCUT2D eigenvalue weighted by Crippen LogP contribution is 2.35. The smallest absolute Gasteiger partial charge is 0.251 e. The fourth-order valence-corrected chi connectivity index (χ4v) is 5.05. The Hall–Kier alpha value is -3.36. The maximum atomic E-state index is 15.2. The van der Waals surface area contributed by atoms with E-state index in [1.165, 1.54) is 5.56 Å². The summed E-state index contributed by atoms with van der Waals surface area (Å²) >= 11 is 0. The third kappa shape index (κ3) is 4.83. The van der Waals surface area contributed by atoms with Crippen molar-refractivity contribution in [2.24, 2.45) is 0 Å². The number of ether oxygens (including phenoxy) is 1. The number of nitrogens with two attached hydrogens (primary N) is 1. The summed E-state index contributed by atoms with van der Waals surface area (Å²) in [4.78, 5) is 23.3. The molecular formula is C28H32FN5O2. The number of benzene rings is 1. The SMILES string of the molecule is CCN(C)Cc1nc(-c2cc(-c3ccc4c(c3)CCNC4=O)c(N)nc2F)ccc1C1CCOCC1. The van der Waals surface area contributed by atoms with Gasteiger partial charge in [-0.25, -0.2) is 4.98 Å². The van der Waals surface area contributed by atoms with E-state index in [0.29, 0.717) is 41.4 Å². The molecule has 188 valence electrons. The van der Waals surface area contributed by atoms with E-state index in [1.807, 2.05) is 18.2 Å². The van der Waals surface area contributed by atoms with Gasteiger partial charge in [0.25, 0.3) is 5.91 Å². The summed E-state index contributed by atoms with van der Waals surface area (Å²) in [5.74, 6) is -0.221. The largest absolute Gasteiger partial charge is 0.383 e. The number of fused-ring (bicyclic) bond motifs is 1. The maximum Gasteiger partial charge on any atom is 0.251 e. The number of rotatable bonds is 6. The Morgan fingerprint density at radius 2 is 1.92 bits per heavy atom. The molecule has 36 heavy (non-hydrogen) atoms. The van der Waals surface area contributed by atoms with E-state index >= 15 is 4.39 Å². The van der Waals surface area contributed by atoms with Crippen LogP contribution in [-0.2, 0) is 17.7 Å². The molecule has 4 heterocycles. The van der Waals surface area contributed by atoms with Gasteiger partial charge in [-0.1, -0.05) is 25.1 Å². The van der Waals surface area contributed by atoms with E-state index in [0.717, 1.165) is 55.8 Å². The van der Waals surface area contributed by atoms with Crippen LogP contribution < -0.4 is 11.1 Å². The van der Waals surface area contributed by atoms with Gasteiger partial charge in [-0.05, 0) is 73.7 Å². The summed E-state index contributed by atoms with van der Waals surface area (Å²) in [6, 6.07) is 11.3. The molecule has 0 aliphatic carbocycles. The van der Waals surface area contributed by atoms with Crippen LogP contribution in [0, 0.1) is 5.95 Å². The van der Waals surface area contributed by atoms with Gasteiger partial charge in [-0.3, -0.25) is 9.78 Å². The van der Waals surface area contributed by atoms with E-state index in [9.17, 15) is 4.79 Å². The van der Waals surface area contributed by atoms with Crippen molar-refractivity contribution < 1.29 is 13.9 Å². The minimum Gasteiger partial charge on any atom is -0.383 e. The van der Waals surface area contributed by atoms with Crippen molar-refractivity contribution in [3.63, 3.8) is 0 Å². The lowest BCUT2D eigenvalue weighted by molar-refractivity contribution is 0.0849. The lowest BCUT2D eigenvalue weighted by atomic mass is 9.89. The summed E-state index contributed by atoms with van der Waals surface area (Å²) in [5, 5.41) is 2.85. The van der Waals surface area contributed by atoms with Crippen LogP contribution in [0.2, 0.25) is 0 Å². The predicted octanol–water partition coefficient (Wildman–Crippen LogP) is 4.16. The Labute approximate surface area is 210 Å². The number of nitrogens with one attached hydrogen (secondary N) is 1. The number of aromatic nitrogens is 2. The van der Waals surface area contributed by atoms with Crippen LogP contribution in [0.15, 0.2) is 36.4 Å². The van der Waals surface area contributed by atoms with E-state index in [4.69, 9.17) is 15.5 Å². The second-order valence-corrected chi connectivity index (χ2v) is 9.59. The molecule has 0 saturated carbocycles. The predicted molar refractivity (Wildman–Crippen MR) is 138 cm³/mol. The van der Waals surface area contributed by atoms with Gasteiger partial charge in [0.2, 0.25) is 5.95 Å². The molecule has 5 rings (SSSR count). The van der Waals surface area contributed by atoms with Crippen LogP contribution in [0.25, 0.3) is 22.4 Å². The van der Waals surface area contributed by atoms with Crippen molar-refractivity contribution in [2.45, 2.75) is 38.6 Å². The zero-order chi connectivity index (χ0) is 25.2. The van der Waals surface area contributed by atoms with Crippen molar-refractivity contribution in [1.82, 2.24) is 20.2 Å². The first kappa shape index (κ1) is 24.3. The highest BCUT2D eigenvalue weighted by Gasteiger charge is 2.23. The Morgan fingerprint density at radius 1 is 1.11 bits per heavy atom. The van der Waals surface area contributed by atoms with Crippen molar-refractivity contribution in [3.05, 3.63) is 64.7 Å². The van der Waals surface area contributed by atoms with E-state index in [2.05, 4.69) is 35.2 Å². The number of pyridine rings is 2. The topological polar surface area (TPSA) is 93.4 Å². The number of anilines is 1. The molecule has 0 radical (unpaired) electrons. The Morgan fingerprint density at radius 3 is 2.69 bits per heavy atom. The second-order valence-electron chi connectivity index (χ2n) is 9.59. The van der Waals surface area contributed by atoms with Gasteiger partial charge in [0.05, 0.1) is 17.0 Å². The molecule has 0 unspecified atom stereocenters. The number of halogens is 1. The summed E-state index contributed by atoms with van der Waals surface area (Å²) in [6.07, 6.45) is 2.66. The molecule has 2 aliphatic heterocycles. The first-order chi connectivity index (χ1) is 17.4. The van der Waals surface area contributed by atoms with E-state index in [1.54, 1.807) is 12.1 Å². The minimum absolute atomic E-state index is 0.0768. The third-order valence-electron chi connectivity index (χ3n) is 7.25. The first-order valence-electron chi connectivity index (χ1n) is 12.6. The van der Waals surface area contributed by atoms with Gasteiger partial charge in [0.1, 0.15) is 5.82 Å². The van der Waals surface area contributed by atoms with Crippen molar-refractivity contribution in [2.75, 3.05) is 39.1 Å². The van der Waals surface area contributed by atoms with Crippen molar-refractivity contribution >= 4 is 11.7 Å². The average Bonchev–Trinajstić information content (AvgIpc) is 2.89. The third-order valence-corrected chi connectivity index (χ3v) is 7.25. The number of carbonyl (C=O) groups excluding carboxylic acids is 1. The highest BCUT2D eigenvalue weighted by atomic mass is 19.1. The average molecular weight is 490 g/mol. The molecule has 7 nitrogen and oxygen atoms in total. The standard InChI is InChI=1S/C28H32FN5O2/c1-3-34(2)16-25-20(17-9-12-36-13-10-17)6-7-24(32-25)23-15-22(27(30)33-26(23)29)18-4-5-21-19(14-18)8-11-31-28(21)35/h4-7,14-15,17H,3,8-13,16H2,1-2H3,(H2,30,33)(H,31,35). The van der Waals surface area contributed by atoms with Crippen molar-refractivity contribution in [1.29, 1.82) is 0 Å². The monoisotopic (exact) mass is 489 g/mol. The Bertz CT molecular complexity index is 1290. The molecule has 3 aromatic rings. The molecule has 2 aliphatic rings. The summed E-state index contributed by atoms with van der Waals surface area (Å²) in [5.41, 5.74) is 12.2. The number of hydrogen-bond acceptors (Lipinski definition) is 6. The number of nitrogens with zero attached hydrogens (tertiary/aromatic N) is 3. The first-order valence-corrected chi connectivity index (χ1v) is 12.6. The molecule has 2 aromatic heterocycles. The summed E-state index contributed by atoms with van der Waals surface area (Å²) in [7, 11) is 2.06. The quantitative estimate of drug-likeness (QED) is 0.505. The molecule has 0 bridgehead atoms. The zero-order valence-electron chi connectivity index (χ0n) is 20.8. The summed E-state index contributed by atoms with van der Waals surface area (Å²) < 4.78 is 20.7. The molecule has 1 saturated heterocycles. The highest BCUT2D eigenvalue weighted by molar-refractivity contribution is 5.97. The van der Waals surface area contributed by atoms with E-state index in [-0.39, 0.29) is 11.7 Å². The van der Waals surface area contributed by atoms with Gasteiger partial charge in [-0.15, -0.1) is 0 Å². The van der Waals surface area contributed by atoms with Crippen LogP contribution in [0.5, 0.6) is 0 Å². The Balaban J connectivity index is 1.56. The lowest BCUT2D eigenvalue weighted by Crippen LogP contribution is -2.31. The fourth-order valence-electron chi connectivity index (χ4n) is 5.05. The van der Waals surface area contributed by atoms with Crippen LogP contribution in [0.1, 0.15) is 52.9 Å². The van der Waals surface area contributed by atoms with Gasteiger partial charge in [-0.2, -0.15) is 4.39 Å². The van der Waals surface area contributed by atoms with Crippen LogP contribution >= 0.6 is 0 Å². The van der Waals surface area contributed by atoms with Gasteiger partial charge < -0.3 is 20.7 Å². The minimum atomic E-state index is -0.644. The van der Waals surface area contributed by atoms with Gasteiger partial charge >= 0.3 is 0 Å². The summed E-state index contributed by atoms with van der Waals surface area (Å²) in [6.45, 7) is 5.76. The van der Waals surface area contributed by atoms with E-state index < -0.39 is 5.95 Å². The molecule has 3 N–H and O–H groups in total. The molecule has 1 fully saturated rings. The maximum absolute atomic E-state index is 15.2. The zero-order valence-corrected chi connectivity index (χ0v) is 20.8. The van der Waals surface area contributed by atoms with Crippen LogP contribution in [0.4, 0.5) is 10.2 Å². The number of hydrogen-bond donors (Lipinski definition) is 2. The molecule has 0 spiro atoms.